The summed E-state index contributed by atoms with van der Waals surface area (Å²) < 4.78 is 4.33. The average Bonchev–Trinajstić information content (AvgIpc) is 3.77. The van der Waals surface area contributed by atoms with Gasteiger partial charge in [-0.15, -0.1) is 0 Å². The van der Waals surface area contributed by atoms with Crippen LogP contribution in [0.3, 0.4) is 0 Å². The van der Waals surface area contributed by atoms with Gasteiger partial charge in [0, 0.05) is 66.0 Å². The maximum absolute atomic E-state index is 5.06. The Hall–Kier alpha value is -7.87. The third kappa shape index (κ3) is 4.10. The van der Waals surface area contributed by atoms with E-state index in [2.05, 4.69) is 43.2 Å². The summed E-state index contributed by atoms with van der Waals surface area (Å²) in [7, 11) is 0. The van der Waals surface area contributed by atoms with Crippen molar-refractivity contribution in [3.63, 3.8) is 0 Å². The summed E-state index contributed by atoms with van der Waals surface area (Å²) in [6, 6.07) is 32.3. The van der Waals surface area contributed by atoms with Crippen molar-refractivity contribution < 1.29 is 0 Å². The van der Waals surface area contributed by atoms with Crippen LogP contribution < -0.4 is 26.4 Å². The Morgan fingerprint density at radius 3 is 2.00 bits per heavy atom. The molecular weight excluding hydrogens is 685 g/mol. The van der Waals surface area contributed by atoms with Gasteiger partial charge in [0.05, 0.1) is 22.2 Å². The molecule has 0 amide bonds. The van der Waals surface area contributed by atoms with Crippen molar-refractivity contribution in [2.75, 3.05) is 9.80 Å². The molecule has 0 saturated carbocycles. The molecular formula is C41H24BN13. The minimum absolute atomic E-state index is 0.362. The number of anilines is 6. The van der Waals surface area contributed by atoms with Gasteiger partial charge < -0.3 is 0 Å². The van der Waals surface area contributed by atoms with Crippen molar-refractivity contribution >= 4 is 91.1 Å². The minimum atomic E-state index is -0.362. The number of aromatic nitrogens is 11. The molecule has 2 aromatic carbocycles. The van der Waals surface area contributed by atoms with Gasteiger partial charge in [0.15, 0.2) is 11.5 Å². The predicted octanol–water partition coefficient (Wildman–Crippen LogP) is 5.37. The molecule has 256 valence electrons. The Morgan fingerprint density at radius 2 is 1.24 bits per heavy atom. The number of pyridine rings is 3. The molecule has 0 N–H and O–H groups in total. The Bertz CT molecular complexity index is 3080. The van der Waals surface area contributed by atoms with E-state index < -0.39 is 0 Å². The van der Waals surface area contributed by atoms with Crippen LogP contribution >= 0.6 is 0 Å². The molecule has 2 aliphatic heterocycles. The molecule has 0 saturated heterocycles. The first-order valence-electron chi connectivity index (χ1n) is 17.7. The summed E-state index contributed by atoms with van der Waals surface area (Å²) in [5.74, 6) is 2.85. The highest BCUT2D eigenvalue weighted by molar-refractivity contribution is 6.99. The zero-order chi connectivity index (χ0) is 36.0. The Labute approximate surface area is 312 Å². The molecule has 0 radical (unpaired) electrons. The van der Waals surface area contributed by atoms with E-state index >= 15 is 0 Å². The fourth-order valence-corrected chi connectivity index (χ4v) is 8.30. The Morgan fingerprint density at radius 1 is 0.527 bits per heavy atom. The van der Waals surface area contributed by atoms with Gasteiger partial charge in [0.25, 0.3) is 0 Å². The highest BCUT2D eigenvalue weighted by atomic mass is 15.3. The fourth-order valence-electron chi connectivity index (χ4n) is 8.30. The highest BCUT2D eigenvalue weighted by Crippen LogP contribution is 2.45. The quantitative estimate of drug-likeness (QED) is 0.214. The number of fused-ring (bicyclic) bond motifs is 9. The summed E-state index contributed by atoms with van der Waals surface area (Å²) in [6.07, 6.45) is 14.0. The van der Waals surface area contributed by atoms with E-state index in [-0.39, 0.29) is 6.71 Å². The van der Waals surface area contributed by atoms with Crippen LogP contribution in [-0.4, -0.2) is 60.7 Å². The molecule has 14 heteroatoms. The van der Waals surface area contributed by atoms with Crippen LogP contribution in [0, 0.1) is 0 Å². The lowest BCUT2D eigenvalue weighted by molar-refractivity contribution is 1.00. The number of hydrogen-bond acceptors (Lipinski definition) is 11. The second kappa shape index (κ2) is 11.3. The van der Waals surface area contributed by atoms with Gasteiger partial charge >= 0.3 is 6.71 Å². The fraction of sp³-hybridized carbons (Fsp3) is 0. The number of hydrogen-bond donors (Lipinski definition) is 0. The van der Waals surface area contributed by atoms with Crippen LogP contribution in [0.15, 0.2) is 147 Å². The van der Waals surface area contributed by atoms with E-state index in [9.17, 15) is 0 Å². The summed E-state index contributed by atoms with van der Waals surface area (Å²) in [5, 5.41) is 0.857. The van der Waals surface area contributed by atoms with Crippen LogP contribution in [0.5, 0.6) is 0 Å². The largest absolute Gasteiger partial charge is 0.300 e. The molecule has 10 aromatic rings. The Kier molecular flexibility index (Phi) is 6.11. The van der Waals surface area contributed by atoms with Crippen LogP contribution in [0.25, 0.3) is 44.7 Å². The van der Waals surface area contributed by atoms with Gasteiger partial charge in [0.2, 0.25) is 0 Å². The summed E-state index contributed by atoms with van der Waals surface area (Å²) >= 11 is 0. The lowest BCUT2D eigenvalue weighted by Gasteiger charge is -2.39. The van der Waals surface area contributed by atoms with Crippen LogP contribution in [0.2, 0.25) is 0 Å². The summed E-state index contributed by atoms with van der Waals surface area (Å²) in [5.41, 5.74) is 10.1. The van der Waals surface area contributed by atoms with Gasteiger partial charge in [-0.2, -0.15) is 0 Å². The number of benzene rings is 2. The number of rotatable bonds is 5. The van der Waals surface area contributed by atoms with Crippen molar-refractivity contribution in [2.24, 2.45) is 0 Å². The van der Waals surface area contributed by atoms with E-state index in [0.717, 1.165) is 72.8 Å². The SMILES string of the molecule is c1ccc(N2c3cc(N(c4ccccn4)c4ccccn4)cc4c3B(c3nccnc32)c2ncnc3c5c6nccnc6n(-c6ccccn6)c5n-4c23)cc1. The minimum Gasteiger partial charge on any atom is -0.295 e. The summed E-state index contributed by atoms with van der Waals surface area (Å²) in [4.78, 5) is 48.6. The van der Waals surface area contributed by atoms with Gasteiger partial charge in [-0.25, -0.2) is 34.9 Å². The lowest BCUT2D eigenvalue weighted by atomic mass is 9.37. The molecule has 8 aromatic heterocycles. The molecule has 13 nitrogen and oxygen atoms in total. The van der Waals surface area contributed by atoms with Crippen molar-refractivity contribution in [1.82, 2.24) is 54.0 Å². The van der Waals surface area contributed by atoms with Gasteiger partial charge in [0.1, 0.15) is 40.5 Å². The van der Waals surface area contributed by atoms with Gasteiger partial charge in [-0.05, 0) is 66.1 Å². The molecule has 12 rings (SSSR count). The molecule has 0 fully saturated rings. The standard InChI is InChI=1S/C41H24BN13/c1-2-10-25(11-3-1)52-27-22-26(53(29-12-4-7-15-43-29)30-13-5-8-16-44-30)23-28-33(27)42(38-40(52)49-21-19-47-38)37-36-34(50-24-51-37)32-35-39(48-20-18-46-35)55(41(32)54(28)36)31-14-6-9-17-45-31/h1-24H. The predicted molar refractivity (Wildman–Crippen MR) is 212 cm³/mol. The second-order valence-electron chi connectivity index (χ2n) is 13.2. The number of para-hydroxylation sites is 1. The maximum atomic E-state index is 5.06. The van der Waals surface area contributed by atoms with E-state index in [1.54, 1.807) is 49.7 Å². The van der Waals surface area contributed by atoms with Crippen LogP contribution in [-0.2, 0) is 0 Å². The third-order valence-electron chi connectivity index (χ3n) is 10.3. The van der Waals surface area contributed by atoms with Crippen LogP contribution in [0.4, 0.5) is 34.5 Å². The molecule has 10 heterocycles. The zero-order valence-electron chi connectivity index (χ0n) is 28.7. The molecule has 2 aliphatic rings. The Balaban J connectivity index is 1.29. The summed E-state index contributed by atoms with van der Waals surface area (Å²) in [6.45, 7) is -0.362. The topological polar surface area (TPSA) is 132 Å². The first kappa shape index (κ1) is 29.7. The van der Waals surface area contributed by atoms with Gasteiger partial charge in [-0.3, -0.25) is 28.9 Å². The van der Waals surface area contributed by atoms with Crippen LogP contribution in [0.1, 0.15) is 0 Å². The molecule has 0 atom stereocenters. The van der Waals surface area contributed by atoms with Crippen molar-refractivity contribution in [3.8, 4) is 11.5 Å². The molecule has 0 unspecified atom stereocenters. The first-order chi connectivity index (χ1) is 27.3. The van der Waals surface area contributed by atoms with E-state index in [1.165, 1.54) is 0 Å². The van der Waals surface area contributed by atoms with Crippen molar-refractivity contribution in [3.05, 3.63) is 147 Å². The maximum Gasteiger partial charge on any atom is 0.300 e. The normalized spacial score (nSPS) is 12.7. The molecule has 55 heavy (non-hydrogen) atoms. The van der Waals surface area contributed by atoms with Crippen molar-refractivity contribution in [2.45, 2.75) is 0 Å². The smallest absolute Gasteiger partial charge is 0.295 e. The molecule has 0 aliphatic carbocycles. The van der Waals surface area contributed by atoms with E-state index in [0.29, 0.717) is 23.1 Å². The highest BCUT2D eigenvalue weighted by Gasteiger charge is 2.46. The lowest BCUT2D eigenvalue weighted by Crippen LogP contribution is -2.62. The zero-order valence-corrected chi connectivity index (χ0v) is 28.7. The second-order valence-corrected chi connectivity index (χ2v) is 13.2. The monoisotopic (exact) mass is 709 g/mol. The molecule has 0 bridgehead atoms. The van der Waals surface area contributed by atoms with Gasteiger partial charge in [-0.1, -0.05) is 36.4 Å². The van der Waals surface area contributed by atoms with E-state index in [4.69, 9.17) is 44.9 Å². The van der Waals surface area contributed by atoms with Crippen molar-refractivity contribution in [1.29, 1.82) is 0 Å². The number of nitrogens with zero attached hydrogens (tertiary/aromatic N) is 13. The average molecular weight is 710 g/mol. The first-order valence-corrected chi connectivity index (χ1v) is 17.7. The third-order valence-corrected chi connectivity index (χ3v) is 10.3. The molecule has 0 spiro atoms. The van der Waals surface area contributed by atoms with E-state index in [1.807, 2.05) is 72.8 Å².